The van der Waals surface area contributed by atoms with Crippen LogP contribution in [0.2, 0.25) is 5.15 Å². The van der Waals surface area contributed by atoms with Crippen LogP contribution in [0.15, 0.2) is 0 Å². The second kappa shape index (κ2) is 6.66. The molecule has 1 unspecified atom stereocenters. The van der Waals surface area contributed by atoms with Gasteiger partial charge in [-0.05, 0) is 26.6 Å². The van der Waals surface area contributed by atoms with Crippen molar-refractivity contribution in [3.05, 3.63) is 16.4 Å². The fourth-order valence-corrected chi connectivity index (χ4v) is 3.09. The van der Waals surface area contributed by atoms with Crippen LogP contribution in [-0.2, 0) is 13.6 Å². The van der Waals surface area contributed by atoms with E-state index in [0.29, 0.717) is 6.04 Å². The molecule has 0 N–H and O–H groups in total. The Balaban J connectivity index is 2.76. The largest absolute Gasteiger partial charge is 0.298 e. The van der Waals surface area contributed by atoms with E-state index < -0.39 is 0 Å². The van der Waals surface area contributed by atoms with Crippen molar-refractivity contribution in [2.24, 2.45) is 7.05 Å². The van der Waals surface area contributed by atoms with Crippen molar-refractivity contribution < 1.29 is 0 Å². The Hall–Kier alpha value is -0.190. The normalized spacial score (nSPS) is 13.4. The molecule has 1 heterocycles. The summed E-state index contributed by atoms with van der Waals surface area (Å²) in [5, 5.41) is 5.11. The van der Waals surface area contributed by atoms with Crippen LogP contribution < -0.4 is 0 Å². The van der Waals surface area contributed by atoms with Gasteiger partial charge in [0.05, 0.1) is 5.69 Å². The van der Waals surface area contributed by atoms with Crippen molar-refractivity contribution in [3.8, 4) is 0 Å². The molecule has 98 valence electrons. The lowest BCUT2D eigenvalue weighted by molar-refractivity contribution is 0.247. The molecule has 1 aromatic heterocycles. The maximum absolute atomic E-state index is 6.25. The number of aryl methyl sites for hydroxylation is 2. The molecule has 0 aliphatic rings. The smallest absolute Gasteiger partial charge is 0.131 e. The molecule has 0 saturated carbocycles. The lowest BCUT2D eigenvalue weighted by Gasteiger charge is -2.26. The summed E-state index contributed by atoms with van der Waals surface area (Å²) in [6.45, 7) is 5.12. The summed E-state index contributed by atoms with van der Waals surface area (Å²) in [4.78, 5) is 2.37. The molecule has 5 heteroatoms. The maximum Gasteiger partial charge on any atom is 0.131 e. The minimum Gasteiger partial charge on any atom is -0.298 e. The highest BCUT2D eigenvalue weighted by molar-refractivity contribution is 7.98. The van der Waals surface area contributed by atoms with Crippen LogP contribution in [-0.4, -0.2) is 39.8 Å². The lowest BCUT2D eigenvalue weighted by atomic mass is 10.2. The molecule has 1 rings (SSSR count). The molecule has 0 aliphatic heterocycles. The summed E-state index contributed by atoms with van der Waals surface area (Å²) in [5.74, 6) is 1.16. The Morgan fingerprint density at radius 3 is 2.59 bits per heavy atom. The first-order valence-electron chi connectivity index (χ1n) is 5.88. The van der Waals surface area contributed by atoms with E-state index in [2.05, 4.69) is 30.2 Å². The molecule has 1 aromatic rings. The third kappa shape index (κ3) is 3.63. The van der Waals surface area contributed by atoms with Gasteiger partial charge in [0.2, 0.25) is 0 Å². The summed E-state index contributed by atoms with van der Waals surface area (Å²) < 4.78 is 1.75. The number of hydrogen-bond acceptors (Lipinski definition) is 3. The van der Waals surface area contributed by atoms with Gasteiger partial charge in [-0.25, -0.2) is 0 Å². The first-order valence-corrected chi connectivity index (χ1v) is 7.65. The number of hydrogen-bond donors (Lipinski definition) is 0. The number of aromatic nitrogens is 2. The van der Waals surface area contributed by atoms with E-state index >= 15 is 0 Å². The van der Waals surface area contributed by atoms with Gasteiger partial charge in [-0.1, -0.05) is 18.5 Å². The number of rotatable bonds is 6. The van der Waals surface area contributed by atoms with Gasteiger partial charge >= 0.3 is 0 Å². The molecule has 1 atom stereocenters. The molecule has 17 heavy (non-hydrogen) atoms. The van der Waals surface area contributed by atoms with E-state index in [0.717, 1.165) is 35.1 Å². The van der Waals surface area contributed by atoms with Crippen molar-refractivity contribution >= 4 is 23.4 Å². The van der Waals surface area contributed by atoms with Crippen LogP contribution in [0.5, 0.6) is 0 Å². The van der Waals surface area contributed by atoms with Crippen LogP contribution in [0.4, 0.5) is 0 Å². The second-order valence-corrected chi connectivity index (χ2v) is 5.68. The standard InChI is InChI=1S/C12H22ClN3S/c1-6-10(8-17-5)15(3)7-11-9(2)14-16(4)12(11)13/h10H,6-8H2,1-5H3. The highest BCUT2D eigenvalue weighted by atomic mass is 35.5. The Morgan fingerprint density at radius 1 is 1.53 bits per heavy atom. The van der Waals surface area contributed by atoms with Crippen molar-refractivity contribution in [2.75, 3.05) is 19.1 Å². The van der Waals surface area contributed by atoms with Gasteiger partial charge in [0.1, 0.15) is 5.15 Å². The Kier molecular flexibility index (Phi) is 5.83. The van der Waals surface area contributed by atoms with Crippen LogP contribution in [0.3, 0.4) is 0 Å². The van der Waals surface area contributed by atoms with Gasteiger partial charge in [-0.3, -0.25) is 9.58 Å². The van der Waals surface area contributed by atoms with Gasteiger partial charge < -0.3 is 0 Å². The Labute approximate surface area is 114 Å². The van der Waals surface area contributed by atoms with Gasteiger partial charge in [-0.2, -0.15) is 16.9 Å². The molecular weight excluding hydrogens is 254 g/mol. The fraction of sp³-hybridized carbons (Fsp3) is 0.750. The average molecular weight is 276 g/mol. The van der Waals surface area contributed by atoms with Crippen molar-refractivity contribution in [3.63, 3.8) is 0 Å². The SMILES string of the molecule is CCC(CSC)N(C)Cc1c(C)nn(C)c1Cl. The predicted octanol–water partition coefficient (Wildman–Crippen LogP) is 2.96. The summed E-state index contributed by atoms with van der Waals surface area (Å²) in [6.07, 6.45) is 3.31. The minimum absolute atomic E-state index is 0.598. The zero-order valence-electron chi connectivity index (χ0n) is 11.3. The minimum atomic E-state index is 0.598. The predicted molar refractivity (Wildman–Crippen MR) is 76.9 cm³/mol. The molecule has 0 saturated heterocycles. The number of thioether (sulfide) groups is 1. The molecule has 3 nitrogen and oxygen atoms in total. The first kappa shape index (κ1) is 14.9. The summed E-state index contributed by atoms with van der Waals surface area (Å²) in [5.41, 5.74) is 2.18. The van der Waals surface area contributed by atoms with E-state index in [4.69, 9.17) is 11.6 Å². The summed E-state index contributed by atoms with van der Waals surface area (Å²) >= 11 is 8.14. The summed E-state index contributed by atoms with van der Waals surface area (Å²) in [7, 11) is 4.05. The monoisotopic (exact) mass is 275 g/mol. The van der Waals surface area contributed by atoms with Gasteiger partial charge in [-0.15, -0.1) is 0 Å². The Morgan fingerprint density at radius 2 is 2.18 bits per heavy atom. The van der Waals surface area contributed by atoms with Crippen molar-refractivity contribution in [1.29, 1.82) is 0 Å². The highest BCUT2D eigenvalue weighted by Crippen LogP contribution is 2.21. The van der Waals surface area contributed by atoms with E-state index in [9.17, 15) is 0 Å². The maximum atomic E-state index is 6.25. The lowest BCUT2D eigenvalue weighted by Crippen LogP contribution is -2.32. The molecule has 0 aliphatic carbocycles. The third-order valence-corrected chi connectivity index (χ3v) is 4.32. The zero-order valence-corrected chi connectivity index (χ0v) is 12.9. The van der Waals surface area contributed by atoms with Crippen LogP contribution in [0.25, 0.3) is 0 Å². The third-order valence-electron chi connectivity index (χ3n) is 3.13. The highest BCUT2D eigenvalue weighted by Gasteiger charge is 2.17. The molecule has 0 bridgehead atoms. The van der Waals surface area contributed by atoms with Crippen molar-refractivity contribution in [1.82, 2.24) is 14.7 Å². The first-order chi connectivity index (χ1) is 8.01. The molecule has 0 amide bonds. The molecule has 0 aromatic carbocycles. The summed E-state index contributed by atoms with van der Waals surface area (Å²) in [6, 6.07) is 0.598. The van der Waals surface area contributed by atoms with Gasteiger partial charge in [0.15, 0.2) is 0 Å². The molecule has 0 spiro atoms. The molecular formula is C12H22ClN3S. The second-order valence-electron chi connectivity index (χ2n) is 4.41. The van der Waals surface area contributed by atoms with E-state index in [1.807, 2.05) is 25.7 Å². The average Bonchev–Trinajstić information content (AvgIpc) is 2.52. The quantitative estimate of drug-likeness (QED) is 0.797. The topological polar surface area (TPSA) is 21.1 Å². The van der Waals surface area contributed by atoms with Crippen LogP contribution >= 0.6 is 23.4 Å². The molecule has 0 radical (unpaired) electrons. The van der Waals surface area contributed by atoms with E-state index in [-0.39, 0.29) is 0 Å². The van der Waals surface area contributed by atoms with Crippen LogP contribution in [0, 0.1) is 6.92 Å². The number of halogens is 1. The van der Waals surface area contributed by atoms with E-state index in [1.165, 1.54) is 0 Å². The van der Waals surface area contributed by atoms with E-state index in [1.54, 1.807) is 4.68 Å². The van der Waals surface area contributed by atoms with Gasteiger partial charge in [0.25, 0.3) is 0 Å². The number of nitrogens with zero attached hydrogens (tertiary/aromatic N) is 3. The molecule has 0 fully saturated rings. The van der Waals surface area contributed by atoms with Gasteiger partial charge in [0, 0.05) is 31.0 Å². The zero-order chi connectivity index (χ0) is 13.0. The fourth-order valence-electron chi connectivity index (χ4n) is 1.98. The van der Waals surface area contributed by atoms with Crippen molar-refractivity contribution in [2.45, 2.75) is 32.9 Å². The van der Waals surface area contributed by atoms with Crippen LogP contribution in [0.1, 0.15) is 24.6 Å². The Bertz CT molecular complexity index is 365.